The highest BCUT2D eigenvalue weighted by Gasteiger charge is 2.34. The van der Waals surface area contributed by atoms with Crippen LogP contribution in [-0.4, -0.2) is 24.6 Å². The molecule has 1 aromatic carbocycles. The van der Waals surface area contributed by atoms with Gasteiger partial charge < -0.3 is 9.47 Å². The molecule has 0 fully saturated rings. The second-order valence-corrected chi connectivity index (χ2v) is 7.15. The normalized spacial score (nSPS) is 15.1. The molecule has 0 saturated heterocycles. The lowest BCUT2D eigenvalue weighted by Gasteiger charge is -2.32. The first kappa shape index (κ1) is 17.7. The van der Waals surface area contributed by atoms with E-state index in [0.717, 1.165) is 0 Å². The highest BCUT2D eigenvalue weighted by Crippen LogP contribution is 2.37. The zero-order valence-electron chi connectivity index (χ0n) is 15.3. The van der Waals surface area contributed by atoms with Crippen LogP contribution in [0, 0.1) is 16.7 Å². The van der Waals surface area contributed by atoms with Crippen LogP contribution in [0.25, 0.3) is 5.69 Å². The van der Waals surface area contributed by atoms with Crippen LogP contribution in [0.2, 0.25) is 0 Å². The molecule has 3 rings (SSSR count). The number of hydrogen-bond acceptors (Lipinski definition) is 5. The summed E-state index contributed by atoms with van der Waals surface area (Å²) in [5.41, 5.74) is 0.732. The summed E-state index contributed by atoms with van der Waals surface area (Å²) in [6.07, 6.45) is 0.924. The van der Waals surface area contributed by atoms with Crippen LogP contribution < -0.4 is 15.0 Å². The van der Waals surface area contributed by atoms with Crippen LogP contribution in [0.15, 0.2) is 29.1 Å². The van der Waals surface area contributed by atoms with E-state index in [4.69, 9.17) is 9.47 Å². The standard InChI is InChI=1S/C20H20N2O4/c1-20(2)9-16-14(17(23)10-20)7-12(11-21)19(24)22(16)15-6-5-13(25-3)8-18(15)26-4/h5-8H,9-10H2,1-4H3. The van der Waals surface area contributed by atoms with E-state index in [0.29, 0.717) is 41.3 Å². The Hall–Kier alpha value is -3.07. The molecule has 0 amide bonds. The van der Waals surface area contributed by atoms with Gasteiger partial charge in [-0.2, -0.15) is 5.26 Å². The molecule has 1 aliphatic carbocycles. The molecule has 6 heteroatoms. The minimum Gasteiger partial charge on any atom is -0.497 e. The maximum atomic E-state index is 13.0. The van der Waals surface area contributed by atoms with Crippen LogP contribution in [0.3, 0.4) is 0 Å². The topological polar surface area (TPSA) is 81.3 Å². The number of fused-ring (bicyclic) bond motifs is 1. The van der Waals surface area contributed by atoms with Crippen molar-refractivity contribution in [1.29, 1.82) is 5.26 Å². The Morgan fingerprint density at radius 2 is 1.85 bits per heavy atom. The van der Waals surface area contributed by atoms with Gasteiger partial charge in [0, 0.05) is 23.7 Å². The molecule has 0 unspecified atom stereocenters. The molecule has 2 aromatic rings. The van der Waals surface area contributed by atoms with E-state index in [1.807, 2.05) is 19.9 Å². The number of carbonyl (C=O) groups is 1. The number of carbonyl (C=O) groups excluding carboxylic acids is 1. The van der Waals surface area contributed by atoms with Crippen molar-refractivity contribution in [2.24, 2.45) is 5.41 Å². The smallest absolute Gasteiger partial charge is 0.273 e. The summed E-state index contributed by atoms with van der Waals surface area (Å²) in [7, 11) is 3.04. The predicted octanol–water partition coefficient (Wildman–Crippen LogP) is 2.88. The summed E-state index contributed by atoms with van der Waals surface area (Å²) in [4.78, 5) is 25.6. The third kappa shape index (κ3) is 2.86. The zero-order valence-corrected chi connectivity index (χ0v) is 15.3. The third-order valence-electron chi connectivity index (χ3n) is 4.64. The zero-order chi connectivity index (χ0) is 19.1. The number of nitrogens with zero attached hydrogens (tertiary/aromatic N) is 2. The maximum absolute atomic E-state index is 13.0. The highest BCUT2D eigenvalue weighted by atomic mass is 16.5. The molecule has 0 saturated carbocycles. The van der Waals surface area contributed by atoms with E-state index in [2.05, 4.69) is 0 Å². The van der Waals surface area contributed by atoms with Crippen LogP contribution in [0.1, 0.15) is 41.9 Å². The molecule has 0 atom stereocenters. The largest absolute Gasteiger partial charge is 0.497 e. The quantitative estimate of drug-likeness (QED) is 0.848. The van der Waals surface area contributed by atoms with Gasteiger partial charge in [0.15, 0.2) is 5.78 Å². The van der Waals surface area contributed by atoms with Crippen LogP contribution in [-0.2, 0) is 6.42 Å². The first-order chi connectivity index (χ1) is 12.3. The number of ketones is 1. The van der Waals surface area contributed by atoms with E-state index in [9.17, 15) is 14.9 Å². The van der Waals surface area contributed by atoms with Crippen LogP contribution in [0.4, 0.5) is 0 Å². The van der Waals surface area contributed by atoms with Gasteiger partial charge in [-0.05, 0) is 30.0 Å². The second kappa shape index (κ2) is 6.34. The first-order valence-corrected chi connectivity index (χ1v) is 8.26. The Bertz CT molecular complexity index is 996. The lowest BCUT2D eigenvalue weighted by molar-refractivity contribution is 0.0908. The van der Waals surface area contributed by atoms with Crippen molar-refractivity contribution in [3.8, 4) is 23.3 Å². The van der Waals surface area contributed by atoms with Crippen molar-refractivity contribution in [3.63, 3.8) is 0 Å². The number of ether oxygens (including phenoxy) is 2. The fraction of sp³-hybridized carbons (Fsp3) is 0.350. The predicted molar refractivity (Wildman–Crippen MR) is 96.3 cm³/mol. The van der Waals surface area contributed by atoms with Crippen LogP contribution >= 0.6 is 0 Å². The van der Waals surface area contributed by atoms with Crippen molar-refractivity contribution < 1.29 is 14.3 Å². The summed E-state index contributed by atoms with van der Waals surface area (Å²) < 4.78 is 12.1. The molecule has 0 radical (unpaired) electrons. The Kier molecular flexibility index (Phi) is 4.33. The molecule has 0 N–H and O–H groups in total. The summed E-state index contributed by atoms with van der Waals surface area (Å²) in [5.74, 6) is 0.953. The number of methoxy groups -OCH3 is 2. The Morgan fingerprint density at radius 1 is 1.12 bits per heavy atom. The van der Waals surface area contributed by atoms with E-state index in [1.54, 1.807) is 25.3 Å². The fourth-order valence-electron chi connectivity index (χ4n) is 3.42. The van der Waals surface area contributed by atoms with Crippen molar-refractivity contribution in [2.45, 2.75) is 26.7 Å². The highest BCUT2D eigenvalue weighted by molar-refractivity contribution is 5.99. The fourth-order valence-corrected chi connectivity index (χ4v) is 3.42. The van der Waals surface area contributed by atoms with E-state index in [1.165, 1.54) is 17.7 Å². The van der Waals surface area contributed by atoms with Crippen molar-refractivity contribution in [2.75, 3.05) is 14.2 Å². The van der Waals surface area contributed by atoms with Crippen molar-refractivity contribution in [1.82, 2.24) is 4.57 Å². The van der Waals surface area contributed by atoms with Gasteiger partial charge in [-0.1, -0.05) is 13.8 Å². The Morgan fingerprint density at radius 3 is 2.46 bits per heavy atom. The number of Topliss-reactive ketones (excluding diaryl/α,β-unsaturated/α-hetero) is 1. The average molecular weight is 352 g/mol. The van der Waals surface area contributed by atoms with Crippen LogP contribution in [0.5, 0.6) is 11.5 Å². The van der Waals surface area contributed by atoms with Gasteiger partial charge in [0.25, 0.3) is 5.56 Å². The van der Waals surface area contributed by atoms with Gasteiger partial charge >= 0.3 is 0 Å². The third-order valence-corrected chi connectivity index (χ3v) is 4.64. The molecular weight excluding hydrogens is 332 g/mol. The van der Waals surface area contributed by atoms with E-state index >= 15 is 0 Å². The van der Waals surface area contributed by atoms with Gasteiger partial charge in [-0.15, -0.1) is 0 Å². The summed E-state index contributed by atoms with van der Waals surface area (Å²) in [5, 5.41) is 9.36. The number of hydrogen-bond donors (Lipinski definition) is 0. The SMILES string of the molecule is COc1ccc(-n2c3c(cc(C#N)c2=O)C(=O)CC(C)(C)C3)c(OC)c1. The Balaban J connectivity index is 2.39. The molecular formula is C20H20N2O4. The number of rotatable bonds is 3. The van der Waals surface area contributed by atoms with Gasteiger partial charge in [-0.3, -0.25) is 14.2 Å². The van der Waals surface area contributed by atoms with Crippen molar-refractivity contribution >= 4 is 5.78 Å². The summed E-state index contributed by atoms with van der Waals surface area (Å²) in [6.45, 7) is 3.98. The summed E-state index contributed by atoms with van der Waals surface area (Å²) in [6, 6.07) is 8.41. The average Bonchev–Trinajstić information content (AvgIpc) is 2.60. The molecule has 0 spiro atoms. The molecule has 0 bridgehead atoms. The first-order valence-electron chi connectivity index (χ1n) is 8.26. The second-order valence-electron chi connectivity index (χ2n) is 7.15. The lowest BCUT2D eigenvalue weighted by Crippen LogP contribution is -2.35. The molecule has 6 nitrogen and oxygen atoms in total. The molecule has 1 aromatic heterocycles. The van der Waals surface area contributed by atoms with Gasteiger partial charge in [0.05, 0.1) is 19.9 Å². The number of benzene rings is 1. The minimum atomic E-state index is -0.458. The molecule has 1 aliphatic rings. The number of nitriles is 1. The van der Waals surface area contributed by atoms with Gasteiger partial charge in [0.2, 0.25) is 0 Å². The number of pyridine rings is 1. The Labute approximate surface area is 151 Å². The maximum Gasteiger partial charge on any atom is 0.273 e. The van der Waals surface area contributed by atoms with E-state index < -0.39 is 5.56 Å². The molecule has 26 heavy (non-hydrogen) atoms. The van der Waals surface area contributed by atoms with E-state index in [-0.39, 0.29) is 16.8 Å². The monoisotopic (exact) mass is 352 g/mol. The van der Waals surface area contributed by atoms with Crippen molar-refractivity contribution in [3.05, 3.63) is 51.4 Å². The minimum absolute atomic E-state index is 0.0605. The van der Waals surface area contributed by atoms with Gasteiger partial charge in [-0.25, -0.2) is 0 Å². The molecule has 0 aliphatic heterocycles. The number of aromatic nitrogens is 1. The molecule has 134 valence electrons. The molecule has 1 heterocycles. The lowest BCUT2D eigenvalue weighted by atomic mass is 9.75. The van der Waals surface area contributed by atoms with Gasteiger partial charge in [0.1, 0.15) is 23.1 Å². The summed E-state index contributed by atoms with van der Waals surface area (Å²) >= 11 is 0.